The molecule has 38 heavy (non-hydrogen) atoms. The van der Waals surface area contributed by atoms with E-state index in [0.29, 0.717) is 13.4 Å². The van der Waals surface area contributed by atoms with Gasteiger partial charge in [0.2, 0.25) is 6.79 Å². The molecule has 0 unspecified atom stereocenters. The topological polar surface area (TPSA) is 86.0 Å². The molecule has 1 spiro atoms. The van der Waals surface area contributed by atoms with Gasteiger partial charge >= 0.3 is 12.1 Å². The monoisotopic (exact) mass is 531 g/mol. The first-order valence-corrected chi connectivity index (χ1v) is 12.3. The molecule has 3 aromatic rings. The van der Waals surface area contributed by atoms with Crippen LogP contribution < -0.4 is 9.47 Å². The summed E-state index contributed by atoms with van der Waals surface area (Å²) in [7, 11) is 0. The van der Waals surface area contributed by atoms with Gasteiger partial charge in [-0.1, -0.05) is 35.9 Å². The summed E-state index contributed by atoms with van der Waals surface area (Å²) in [4.78, 5) is 16.1. The van der Waals surface area contributed by atoms with E-state index in [-0.39, 0.29) is 5.54 Å². The molecule has 1 N–H and O–H groups in total. The van der Waals surface area contributed by atoms with E-state index >= 15 is 0 Å². The van der Waals surface area contributed by atoms with Crippen LogP contribution in [0, 0.1) is 6.92 Å². The molecule has 1 saturated heterocycles. The molecule has 0 bridgehead atoms. The number of ether oxygens (including phenoxy) is 3. The highest BCUT2D eigenvalue weighted by molar-refractivity contribution is 5.73. The predicted octanol–water partition coefficient (Wildman–Crippen LogP) is 4.74. The van der Waals surface area contributed by atoms with Crippen molar-refractivity contribution in [2.45, 2.75) is 44.6 Å². The number of carboxylic acid groups (broad SMARTS) is 1. The number of aliphatic carboxylic acids is 1. The van der Waals surface area contributed by atoms with E-state index in [0.717, 1.165) is 56.4 Å². The zero-order valence-corrected chi connectivity index (χ0v) is 20.8. The van der Waals surface area contributed by atoms with Crippen molar-refractivity contribution in [3.8, 4) is 22.8 Å². The molecule has 4 heterocycles. The first-order valence-electron chi connectivity index (χ1n) is 12.3. The molecular formula is C27H28F3N3O5. The summed E-state index contributed by atoms with van der Waals surface area (Å²) in [6, 6.07) is 15.0. The van der Waals surface area contributed by atoms with Crippen molar-refractivity contribution in [1.29, 1.82) is 0 Å². The van der Waals surface area contributed by atoms with E-state index in [9.17, 15) is 13.2 Å². The quantitative estimate of drug-likeness (QED) is 0.523. The third kappa shape index (κ3) is 5.34. The number of nitrogens with zero attached hydrogens (tertiary/aromatic N) is 3. The molecule has 202 valence electrons. The van der Waals surface area contributed by atoms with E-state index in [1.807, 2.05) is 12.3 Å². The Hall–Kier alpha value is -3.57. The molecule has 6 rings (SSSR count). The largest absolute Gasteiger partial charge is 0.490 e. The summed E-state index contributed by atoms with van der Waals surface area (Å²) in [5.41, 5.74) is 4.96. The fourth-order valence-electron chi connectivity index (χ4n) is 5.14. The second-order valence-electron chi connectivity index (χ2n) is 9.74. The summed E-state index contributed by atoms with van der Waals surface area (Å²) < 4.78 is 51.2. The van der Waals surface area contributed by atoms with Crippen molar-refractivity contribution >= 4 is 5.97 Å². The molecule has 2 aromatic carbocycles. The maximum absolute atomic E-state index is 10.6. The van der Waals surface area contributed by atoms with E-state index < -0.39 is 12.1 Å². The number of rotatable bonds is 3. The Labute approximate surface area is 217 Å². The van der Waals surface area contributed by atoms with Crippen molar-refractivity contribution in [3.63, 3.8) is 0 Å². The van der Waals surface area contributed by atoms with Gasteiger partial charge in [0, 0.05) is 19.6 Å². The number of hydrogen-bond acceptors (Lipinski definition) is 6. The highest BCUT2D eigenvalue weighted by Crippen LogP contribution is 2.40. The number of fused-ring (bicyclic) bond motifs is 3. The minimum absolute atomic E-state index is 0.0182. The lowest BCUT2D eigenvalue weighted by molar-refractivity contribution is -0.192. The third-order valence-corrected chi connectivity index (χ3v) is 7.13. The number of hydrogen-bond donors (Lipinski definition) is 1. The first-order chi connectivity index (χ1) is 18.1. The maximum atomic E-state index is 10.6. The zero-order chi connectivity index (χ0) is 26.9. The summed E-state index contributed by atoms with van der Waals surface area (Å²) in [5.74, 6) is -0.00650. The summed E-state index contributed by atoms with van der Waals surface area (Å²) in [6.07, 6.45) is -0.949. The zero-order valence-electron chi connectivity index (χ0n) is 20.8. The second-order valence-corrected chi connectivity index (χ2v) is 9.74. The van der Waals surface area contributed by atoms with Gasteiger partial charge < -0.3 is 23.9 Å². The fourth-order valence-corrected chi connectivity index (χ4v) is 5.14. The molecule has 0 atom stereocenters. The summed E-state index contributed by atoms with van der Waals surface area (Å²) in [5, 5.41) is 7.12. The summed E-state index contributed by atoms with van der Waals surface area (Å²) >= 11 is 0. The molecule has 0 saturated carbocycles. The molecule has 8 nitrogen and oxygen atoms in total. The van der Waals surface area contributed by atoms with Crippen molar-refractivity contribution in [2.24, 2.45) is 0 Å². The number of carboxylic acids is 1. The average molecular weight is 532 g/mol. The molecule has 1 fully saturated rings. The SMILES string of the molecule is Cc1ccc(-c2cnc3n2C2(CCN(Cc4ccc5c(c4)OCO5)CC2)COC3)cc1.O=C(O)C(F)(F)F. The minimum atomic E-state index is -5.08. The number of carbonyl (C=O) groups is 1. The van der Waals surface area contributed by atoms with E-state index in [1.165, 1.54) is 22.4 Å². The van der Waals surface area contributed by atoms with Gasteiger partial charge in [0.05, 0.1) is 24.0 Å². The number of halogens is 3. The summed E-state index contributed by atoms with van der Waals surface area (Å²) in [6.45, 7) is 6.78. The lowest BCUT2D eigenvalue weighted by Crippen LogP contribution is -2.51. The van der Waals surface area contributed by atoms with Gasteiger partial charge in [0.1, 0.15) is 12.4 Å². The fraction of sp³-hybridized carbons (Fsp3) is 0.407. The van der Waals surface area contributed by atoms with Gasteiger partial charge in [0.15, 0.2) is 11.5 Å². The highest BCUT2D eigenvalue weighted by Gasteiger charge is 2.42. The van der Waals surface area contributed by atoms with Crippen molar-refractivity contribution in [3.05, 3.63) is 65.6 Å². The van der Waals surface area contributed by atoms with Gasteiger partial charge in [-0.2, -0.15) is 13.2 Å². The number of likely N-dealkylation sites (tertiary alicyclic amines) is 1. The molecule has 11 heteroatoms. The number of imidazole rings is 1. The van der Waals surface area contributed by atoms with E-state index in [2.05, 4.69) is 52.8 Å². The van der Waals surface area contributed by atoms with Gasteiger partial charge in [-0.15, -0.1) is 0 Å². The smallest absolute Gasteiger partial charge is 0.475 e. The van der Waals surface area contributed by atoms with E-state index in [4.69, 9.17) is 29.1 Å². The van der Waals surface area contributed by atoms with Crippen LogP contribution in [-0.4, -0.2) is 58.2 Å². The molecule has 0 radical (unpaired) electrons. The molecule has 3 aliphatic rings. The highest BCUT2D eigenvalue weighted by atomic mass is 19.4. The van der Waals surface area contributed by atoms with Crippen LogP contribution >= 0.6 is 0 Å². The van der Waals surface area contributed by atoms with Crippen LogP contribution in [0.15, 0.2) is 48.7 Å². The Kier molecular flexibility index (Phi) is 7.06. The normalized spacial score (nSPS) is 18.0. The number of alkyl halides is 3. The molecule has 0 amide bonds. The van der Waals surface area contributed by atoms with Crippen LogP contribution in [-0.2, 0) is 28.2 Å². The predicted molar refractivity (Wildman–Crippen MR) is 131 cm³/mol. The van der Waals surface area contributed by atoms with E-state index in [1.54, 1.807) is 0 Å². The number of benzene rings is 2. The number of aryl methyl sites for hydroxylation is 1. The molecular weight excluding hydrogens is 503 g/mol. The molecule has 1 aromatic heterocycles. The number of aromatic nitrogens is 2. The Balaban J connectivity index is 0.000000374. The van der Waals surface area contributed by atoms with Crippen molar-refractivity contribution in [1.82, 2.24) is 14.5 Å². The van der Waals surface area contributed by atoms with Crippen LogP contribution in [0.25, 0.3) is 11.3 Å². The van der Waals surface area contributed by atoms with Gasteiger partial charge in [-0.3, -0.25) is 4.90 Å². The Morgan fingerprint density at radius 3 is 2.45 bits per heavy atom. The number of piperidine rings is 1. The van der Waals surface area contributed by atoms with Crippen LogP contribution in [0.1, 0.15) is 29.8 Å². The standard InChI is InChI=1S/C25H27N3O3.C2HF3O2/c1-18-2-5-20(6-3-18)21-13-26-24-15-29-16-25(28(21)24)8-10-27(11-9-25)14-19-4-7-22-23(12-19)31-17-30-22;3-2(4,5)1(6)7/h2-7,12-13H,8-11,14-17H2,1H3;(H,6,7). The van der Waals surface area contributed by atoms with Crippen LogP contribution in [0.5, 0.6) is 11.5 Å². The second kappa shape index (κ2) is 10.3. The Morgan fingerprint density at radius 2 is 1.76 bits per heavy atom. The van der Waals surface area contributed by atoms with Gasteiger partial charge in [-0.05, 0) is 43.0 Å². The molecule has 3 aliphatic heterocycles. The van der Waals surface area contributed by atoms with Crippen molar-refractivity contribution in [2.75, 3.05) is 26.5 Å². The van der Waals surface area contributed by atoms with Crippen molar-refractivity contribution < 1.29 is 37.3 Å². The van der Waals surface area contributed by atoms with Crippen LogP contribution in [0.4, 0.5) is 13.2 Å². The lowest BCUT2D eigenvalue weighted by atomic mass is 9.86. The third-order valence-electron chi connectivity index (χ3n) is 7.13. The Morgan fingerprint density at radius 1 is 1.08 bits per heavy atom. The first kappa shape index (κ1) is 26.1. The molecule has 0 aliphatic carbocycles. The maximum Gasteiger partial charge on any atom is 0.490 e. The Bertz CT molecular complexity index is 1300. The van der Waals surface area contributed by atoms with Gasteiger partial charge in [-0.25, -0.2) is 9.78 Å². The van der Waals surface area contributed by atoms with Crippen LogP contribution in [0.3, 0.4) is 0 Å². The van der Waals surface area contributed by atoms with Gasteiger partial charge in [0.25, 0.3) is 0 Å². The minimum Gasteiger partial charge on any atom is -0.475 e. The average Bonchev–Trinajstić information content (AvgIpc) is 3.54. The van der Waals surface area contributed by atoms with Crippen LogP contribution in [0.2, 0.25) is 0 Å². The lowest BCUT2D eigenvalue weighted by Gasteiger charge is -2.46.